The number of aromatic nitrogens is 1. The fraction of sp³-hybridized carbons (Fsp3) is 0.256. The molecule has 0 bridgehead atoms. The van der Waals surface area contributed by atoms with Crippen molar-refractivity contribution in [2.45, 2.75) is 53.4 Å². The van der Waals surface area contributed by atoms with Crippen molar-refractivity contribution in [2.75, 3.05) is 13.2 Å². The zero-order valence-electron chi connectivity index (χ0n) is 27.7. The van der Waals surface area contributed by atoms with E-state index in [9.17, 15) is 9.59 Å². The molecule has 246 valence electrons. The van der Waals surface area contributed by atoms with Crippen molar-refractivity contribution in [3.8, 4) is 17.2 Å². The van der Waals surface area contributed by atoms with E-state index in [0.717, 1.165) is 27.5 Å². The number of hydrogen-bond donors (Lipinski definition) is 0. The normalized spacial score (nSPS) is 14.5. The number of thiazole rings is 1. The molecule has 0 fully saturated rings. The largest absolute Gasteiger partial charge is 0.494 e. The van der Waals surface area contributed by atoms with Gasteiger partial charge in [0.15, 0.2) is 16.3 Å². The second kappa shape index (κ2) is 14.3. The number of benzene rings is 4. The predicted octanol–water partition coefficient (Wildman–Crippen LogP) is 6.72. The summed E-state index contributed by atoms with van der Waals surface area (Å²) in [6.07, 6.45) is 1.49. The van der Waals surface area contributed by atoms with Crippen molar-refractivity contribution in [3.63, 3.8) is 0 Å². The summed E-state index contributed by atoms with van der Waals surface area (Å²) in [4.78, 5) is 32.8. The molecule has 5 aromatic rings. The Hall–Kier alpha value is -5.15. The van der Waals surface area contributed by atoms with Crippen LogP contribution in [0.15, 0.2) is 106 Å². The summed E-state index contributed by atoms with van der Waals surface area (Å²) in [6, 6.07) is 26.8. The molecule has 0 spiro atoms. The highest BCUT2D eigenvalue weighted by Crippen LogP contribution is 2.33. The van der Waals surface area contributed by atoms with Gasteiger partial charge in [0.1, 0.15) is 12.4 Å². The average molecular weight is 663 g/mol. The van der Waals surface area contributed by atoms with Gasteiger partial charge in [0, 0.05) is 0 Å². The number of esters is 1. The van der Waals surface area contributed by atoms with Gasteiger partial charge in [-0.05, 0) is 92.4 Å². The lowest BCUT2D eigenvalue weighted by atomic mass is 9.96. The van der Waals surface area contributed by atoms with E-state index >= 15 is 0 Å². The summed E-state index contributed by atoms with van der Waals surface area (Å²) in [5.74, 6) is 1.40. The van der Waals surface area contributed by atoms with E-state index in [1.54, 1.807) is 25.3 Å². The van der Waals surface area contributed by atoms with Crippen LogP contribution in [-0.4, -0.2) is 29.9 Å². The third kappa shape index (κ3) is 6.78. The Labute approximate surface area is 283 Å². The molecule has 48 heavy (non-hydrogen) atoms. The first-order valence-corrected chi connectivity index (χ1v) is 16.9. The summed E-state index contributed by atoms with van der Waals surface area (Å²) < 4.78 is 25.6. The molecule has 0 radical (unpaired) electrons. The van der Waals surface area contributed by atoms with Crippen LogP contribution in [0, 0.1) is 0 Å². The Morgan fingerprint density at radius 2 is 1.67 bits per heavy atom. The van der Waals surface area contributed by atoms with Crippen LogP contribution in [0.3, 0.4) is 0 Å². The van der Waals surface area contributed by atoms with E-state index in [4.69, 9.17) is 23.9 Å². The Morgan fingerprint density at radius 3 is 2.42 bits per heavy atom. The second-order valence-electron chi connectivity index (χ2n) is 11.6. The van der Waals surface area contributed by atoms with Crippen molar-refractivity contribution < 1.29 is 23.7 Å². The molecule has 9 heteroatoms. The van der Waals surface area contributed by atoms with Gasteiger partial charge in [-0.1, -0.05) is 72.0 Å². The Bertz CT molecular complexity index is 2170. The Kier molecular flexibility index (Phi) is 9.77. The minimum atomic E-state index is -0.714. The standard InChI is InChI=1S/C39H38N2O6S/c1-6-44-30-18-16-28(17-19-30)36-35(38(43)47-24(3)4)25(5)40-39-41(36)37(42)34(48-39)22-26-15-20-32(33(21-26)45-7-2)46-23-29-13-10-12-27-11-8-9-14-31(27)29/h8-22,24,36H,6-7,23H2,1-5H3/b34-22+/t36-/m0/s1. The summed E-state index contributed by atoms with van der Waals surface area (Å²) >= 11 is 1.28. The summed E-state index contributed by atoms with van der Waals surface area (Å²) in [6.45, 7) is 10.6. The molecule has 2 heterocycles. The zero-order chi connectivity index (χ0) is 33.8. The van der Waals surface area contributed by atoms with Gasteiger partial charge in [-0.2, -0.15) is 0 Å². The highest BCUT2D eigenvalue weighted by atomic mass is 32.1. The van der Waals surface area contributed by atoms with Crippen molar-refractivity contribution in [2.24, 2.45) is 4.99 Å². The molecule has 1 aromatic heterocycles. The Balaban J connectivity index is 1.37. The lowest BCUT2D eigenvalue weighted by Crippen LogP contribution is -2.40. The van der Waals surface area contributed by atoms with Crippen LogP contribution in [0.5, 0.6) is 17.2 Å². The van der Waals surface area contributed by atoms with Crippen LogP contribution in [-0.2, 0) is 16.1 Å². The van der Waals surface area contributed by atoms with Gasteiger partial charge in [0.2, 0.25) is 0 Å². The first-order valence-electron chi connectivity index (χ1n) is 16.1. The smallest absolute Gasteiger partial charge is 0.338 e. The third-order valence-electron chi connectivity index (χ3n) is 7.92. The maximum Gasteiger partial charge on any atom is 0.338 e. The van der Waals surface area contributed by atoms with Gasteiger partial charge in [-0.3, -0.25) is 9.36 Å². The number of fused-ring (bicyclic) bond motifs is 2. The minimum absolute atomic E-state index is 0.255. The summed E-state index contributed by atoms with van der Waals surface area (Å²) in [7, 11) is 0. The molecule has 0 saturated carbocycles. The van der Waals surface area contributed by atoms with Crippen molar-refractivity contribution >= 4 is 34.2 Å². The molecule has 4 aromatic carbocycles. The molecule has 1 atom stereocenters. The van der Waals surface area contributed by atoms with Crippen molar-refractivity contribution in [1.29, 1.82) is 0 Å². The molecule has 0 aliphatic carbocycles. The highest BCUT2D eigenvalue weighted by molar-refractivity contribution is 7.07. The number of nitrogens with zero attached hydrogens (tertiary/aromatic N) is 2. The quantitative estimate of drug-likeness (QED) is 0.146. The molecule has 8 nitrogen and oxygen atoms in total. The van der Waals surface area contributed by atoms with E-state index in [1.807, 2.05) is 80.6 Å². The second-order valence-corrected chi connectivity index (χ2v) is 12.6. The zero-order valence-corrected chi connectivity index (χ0v) is 28.5. The van der Waals surface area contributed by atoms with Gasteiger partial charge in [0.25, 0.3) is 5.56 Å². The molecular formula is C39H38N2O6S. The lowest BCUT2D eigenvalue weighted by Gasteiger charge is -2.25. The minimum Gasteiger partial charge on any atom is -0.494 e. The van der Waals surface area contributed by atoms with Crippen molar-refractivity contribution in [1.82, 2.24) is 4.57 Å². The first-order chi connectivity index (χ1) is 23.3. The molecule has 1 aliphatic rings. The van der Waals surface area contributed by atoms with E-state index in [0.29, 0.717) is 57.7 Å². The first kappa shape index (κ1) is 32.8. The number of ether oxygens (including phenoxy) is 4. The van der Waals surface area contributed by atoms with Crippen LogP contribution in [0.2, 0.25) is 0 Å². The van der Waals surface area contributed by atoms with E-state index in [2.05, 4.69) is 24.3 Å². The molecular weight excluding hydrogens is 625 g/mol. The molecule has 0 N–H and O–H groups in total. The van der Waals surface area contributed by atoms with Gasteiger partial charge in [-0.25, -0.2) is 9.79 Å². The number of allylic oxidation sites excluding steroid dienone is 1. The SMILES string of the molecule is CCOc1ccc([C@H]2C(C(=O)OC(C)C)=C(C)N=c3s/c(=C/c4ccc(OCc5cccc6ccccc56)c(OCC)c4)c(=O)n32)cc1. The molecule has 0 saturated heterocycles. The Morgan fingerprint density at radius 1 is 0.917 bits per heavy atom. The fourth-order valence-corrected chi connectivity index (χ4v) is 6.86. The van der Waals surface area contributed by atoms with Crippen LogP contribution in [0.25, 0.3) is 16.8 Å². The maximum absolute atomic E-state index is 14.1. The summed E-state index contributed by atoms with van der Waals surface area (Å²) in [5.41, 5.74) is 3.19. The van der Waals surface area contributed by atoms with Crippen LogP contribution in [0.1, 0.15) is 57.4 Å². The number of hydrogen-bond acceptors (Lipinski definition) is 8. The third-order valence-corrected chi connectivity index (χ3v) is 8.90. The van der Waals surface area contributed by atoms with Gasteiger partial charge in [0.05, 0.1) is 41.2 Å². The highest BCUT2D eigenvalue weighted by Gasteiger charge is 2.33. The van der Waals surface area contributed by atoms with Crippen molar-refractivity contribution in [3.05, 3.63) is 133 Å². The van der Waals surface area contributed by atoms with Crippen LogP contribution in [0.4, 0.5) is 0 Å². The number of rotatable bonds is 11. The lowest BCUT2D eigenvalue weighted by molar-refractivity contribution is -0.143. The summed E-state index contributed by atoms with van der Waals surface area (Å²) in [5, 5.41) is 2.30. The van der Waals surface area contributed by atoms with Gasteiger partial charge < -0.3 is 18.9 Å². The van der Waals surface area contributed by atoms with Gasteiger partial charge in [-0.15, -0.1) is 0 Å². The van der Waals surface area contributed by atoms with Crippen LogP contribution >= 0.6 is 11.3 Å². The van der Waals surface area contributed by atoms with Crippen LogP contribution < -0.4 is 29.1 Å². The van der Waals surface area contributed by atoms with E-state index in [1.165, 1.54) is 11.3 Å². The number of carbonyl (C=O) groups is 1. The molecule has 1 aliphatic heterocycles. The number of carbonyl (C=O) groups excluding carboxylic acids is 1. The molecule has 6 rings (SSSR count). The van der Waals surface area contributed by atoms with E-state index in [-0.39, 0.29) is 11.7 Å². The monoisotopic (exact) mass is 662 g/mol. The fourth-order valence-electron chi connectivity index (χ4n) is 5.82. The van der Waals surface area contributed by atoms with E-state index < -0.39 is 12.0 Å². The topological polar surface area (TPSA) is 88.4 Å². The van der Waals surface area contributed by atoms with Gasteiger partial charge >= 0.3 is 5.97 Å². The predicted molar refractivity (Wildman–Crippen MR) is 188 cm³/mol. The average Bonchev–Trinajstić information content (AvgIpc) is 3.37. The molecule has 0 amide bonds. The molecule has 0 unspecified atom stereocenters. The maximum atomic E-state index is 14.1.